The molecule has 0 saturated heterocycles. The average Bonchev–Trinajstić information content (AvgIpc) is 1.88. The van der Waals surface area contributed by atoms with E-state index in [2.05, 4.69) is 10.2 Å². The van der Waals surface area contributed by atoms with Crippen LogP contribution in [0.4, 0.5) is 0 Å². The molecular formula is C6H6N2O2. The molecular weight excluding hydrogens is 132 g/mol. The number of hydrogen-bond donors (Lipinski definition) is 1. The van der Waals surface area contributed by atoms with Crippen LogP contribution in [0.5, 0.6) is 0 Å². The minimum absolute atomic E-state index is 0.148. The van der Waals surface area contributed by atoms with Crippen molar-refractivity contribution >= 4 is 5.78 Å². The summed E-state index contributed by atoms with van der Waals surface area (Å²) in [6.07, 6.45) is 1.37. The van der Waals surface area contributed by atoms with Crippen molar-refractivity contribution < 1.29 is 4.79 Å². The van der Waals surface area contributed by atoms with E-state index in [4.69, 9.17) is 0 Å². The van der Waals surface area contributed by atoms with E-state index in [0.29, 0.717) is 0 Å². The lowest BCUT2D eigenvalue weighted by atomic mass is 10.2. The van der Waals surface area contributed by atoms with Gasteiger partial charge in [-0.1, -0.05) is 0 Å². The summed E-state index contributed by atoms with van der Waals surface area (Å²) >= 11 is 0. The Balaban J connectivity index is 3.29. The highest BCUT2D eigenvalue weighted by molar-refractivity contribution is 5.93. The summed E-state index contributed by atoms with van der Waals surface area (Å²) in [6, 6.07) is 1.39. The van der Waals surface area contributed by atoms with Gasteiger partial charge in [0.1, 0.15) is 0 Å². The zero-order valence-corrected chi connectivity index (χ0v) is 5.42. The molecule has 0 aromatic carbocycles. The normalized spacial score (nSPS) is 9.30. The smallest absolute Gasteiger partial charge is 0.275 e. The fourth-order valence-electron chi connectivity index (χ4n) is 0.621. The van der Waals surface area contributed by atoms with Crippen molar-refractivity contribution in [3.63, 3.8) is 0 Å². The lowest BCUT2D eigenvalue weighted by molar-refractivity contribution is 0.101. The number of aromatic amines is 1. The van der Waals surface area contributed by atoms with Crippen molar-refractivity contribution in [2.75, 3.05) is 0 Å². The second kappa shape index (κ2) is 2.43. The molecule has 1 rings (SSSR count). The first-order chi connectivity index (χ1) is 4.72. The van der Waals surface area contributed by atoms with Gasteiger partial charge in [0.15, 0.2) is 5.78 Å². The van der Waals surface area contributed by atoms with Crippen LogP contribution in [-0.4, -0.2) is 16.0 Å². The molecule has 0 aliphatic carbocycles. The Hall–Kier alpha value is -1.45. The summed E-state index contributed by atoms with van der Waals surface area (Å²) in [6.45, 7) is 1.34. The molecule has 1 aromatic heterocycles. The van der Waals surface area contributed by atoms with Gasteiger partial charge in [0, 0.05) is 6.20 Å². The molecule has 0 bridgehead atoms. The molecule has 1 N–H and O–H groups in total. The van der Waals surface area contributed by atoms with Gasteiger partial charge in [0.2, 0.25) is 0 Å². The largest absolute Gasteiger partial charge is 0.294 e. The summed E-state index contributed by atoms with van der Waals surface area (Å²) < 4.78 is 0. The summed E-state index contributed by atoms with van der Waals surface area (Å²) in [5.74, 6) is -0.247. The number of carbonyl (C=O) groups excluding carboxylic acids is 1. The van der Waals surface area contributed by atoms with Crippen LogP contribution >= 0.6 is 0 Å². The van der Waals surface area contributed by atoms with Gasteiger partial charge in [-0.2, -0.15) is 5.10 Å². The minimum Gasteiger partial charge on any atom is -0.294 e. The number of nitrogens with zero attached hydrogens (tertiary/aromatic N) is 1. The summed E-state index contributed by atoms with van der Waals surface area (Å²) in [4.78, 5) is 21.3. The van der Waals surface area contributed by atoms with Crippen LogP contribution in [0.15, 0.2) is 17.1 Å². The molecule has 0 fully saturated rings. The fraction of sp³-hybridized carbons (Fsp3) is 0.167. The van der Waals surface area contributed by atoms with Crippen LogP contribution < -0.4 is 5.56 Å². The molecule has 10 heavy (non-hydrogen) atoms. The number of Topliss-reactive ketones (excluding diaryl/α,β-unsaturated/α-hetero) is 1. The predicted octanol–water partition coefficient (Wildman–Crippen LogP) is -0.0275. The maximum absolute atomic E-state index is 10.7. The van der Waals surface area contributed by atoms with Gasteiger partial charge < -0.3 is 0 Å². The lowest BCUT2D eigenvalue weighted by Crippen LogP contribution is -2.15. The number of H-pyrrole nitrogens is 1. The van der Waals surface area contributed by atoms with E-state index in [0.717, 1.165) is 0 Å². The second-order valence-electron chi connectivity index (χ2n) is 1.86. The molecule has 0 atom stereocenters. The van der Waals surface area contributed by atoms with E-state index in [-0.39, 0.29) is 11.3 Å². The predicted molar refractivity (Wildman–Crippen MR) is 34.9 cm³/mol. The number of nitrogens with one attached hydrogen (secondary N) is 1. The molecule has 0 unspecified atom stereocenters. The van der Waals surface area contributed by atoms with Crippen molar-refractivity contribution in [2.45, 2.75) is 6.92 Å². The average molecular weight is 138 g/mol. The molecule has 52 valence electrons. The quantitative estimate of drug-likeness (QED) is 0.554. The monoisotopic (exact) mass is 138 g/mol. The molecule has 4 nitrogen and oxygen atoms in total. The van der Waals surface area contributed by atoms with Crippen LogP contribution in [0, 0.1) is 0 Å². The molecule has 0 aliphatic heterocycles. The fourth-order valence-corrected chi connectivity index (χ4v) is 0.621. The molecule has 0 spiro atoms. The number of rotatable bonds is 1. The Bertz CT molecular complexity index is 303. The summed E-state index contributed by atoms with van der Waals surface area (Å²) in [5, 5.41) is 5.59. The topological polar surface area (TPSA) is 62.8 Å². The zero-order chi connectivity index (χ0) is 7.56. The van der Waals surface area contributed by atoms with Crippen LogP contribution in [-0.2, 0) is 0 Å². The van der Waals surface area contributed by atoms with E-state index < -0.39 is 5.56 Å². The van der Waals surface area contributed by atoms with Crippen LogP contribution in [0.1, 0.15) is 17.3 Å². The van der Waals surface area contributed by atoms with Gasteiger partial charge in [-0.15, -0.1) is 0 Å². The Morgan fingerprint density at radius 3 is 2.80 bits per heavy atom. The number of ketones is 1. The van der Waals surface area contributed by atoms with Gasteiger partial charge in [-0.25, -0.2) is 5.10 Å². The lowest BCUT2D eigenvalue weighted by Gasteiger charge is -1.88. The van der Waals surface area contributed by atoms with Crippen molar-refractivity contribution in [1.29, 1.82) is 0 Å². The highest BCUT2D eigenvalue weighted by atomic mass is 16.1. The number of aromatic nitrogens is 2. The van der Waals surface area contributed by atoms with E-state index in [1.165, 1.54) is 19.2 Å². The van der Waals surface area contributed by atoms with Gasteiger partial charge in [-0.3, -0.25) is 9.59 Å². The number of carbonyl (C=O) groups is 1. The van der Waals surface area contributed by atoms with Gasteiger partial charge in [0.05, 0.1) is 5.56 Å². The first kappa shape index (κ1) is 6.67. The van der Waals surface area contributed by atoms with Gasteiger partial charge >= 0.3 is 0 Å². The molecule has 0 aliphatic rings. The van der Waals surface area contributed by atoms with E-state index in [1.54, 1.807) is 0 Å². The van der Waals surface area contributed by atoms with Crippen molar-refractivity contribution in [2.24, 2.45) is 0 Å². The van der Waals surface area contributed by atoms with E-state index in [9.17, 15) is 9.59 Å². The molecule has 0 radical (unpaired) electrons. The third-order valence-electron chi connectivity index (χ3n) is 1.11. The Labute approximate surface area is 56.9 Å². The van der Waals surface area contributed by atoms with Crippen molar-refractivity contribution in [3.05, 3.63) is 28.2 Å². The first-order valence-electron chi connectivity index (χ1n) is 2.76. The van der Waals surface area contributed by atoms with Crippen LogP contribution in [0.25, 0.3) is 0 Å². The standard InChI is InChI=1S/C6H6N2O2/c1-4(9)5-2-3-7-8-6(5)10/h2-3H,1H3,(H,8,10). The van der Waals surface area contributed by atoms with E-state index in [1.807, 2.05) is 0 Å². The first-order valence-corrected chi connectivity index (χ1v) is 2.76. The van der Waals surface area contributed by atoms with Crippen LogP contribution in [0.3, 0.4) is 0 Å². The third-order valence-corrected chi connectivity index (χ3v) is 1.11. The van der Waals surface area contributed by atoms with Gasteiger partial charge in [-0.05, 0) is 13.0 Å². The highest BCUT2D eigenvalue weighted by Gasteiger charge is 2.01. The van der Waals surface area contributed by atoms with Gasteiger partial charge in [0.25, 0.3) is 5.56 Å². The molecule has 0 saturated carbocycles. The zero-order valence-electron chi connectivity index (χ0n) is 5.42. The Morgan fingerprint density at radius 2 is 2.40 bits per heavy atom. The van der Waals surface area contributed by atoms with Crippen molar-refractivity contribution in [3.8, 4) is 0 Å². The SMILES string of the molecule is CC(=O)c1ccn[nH]c1=O. The van der Waals surface area contributed by atoms with E-state index >= 15 is 0 Å². The third kappa shape index (κ3) is 1.10. The Morgan fingerprint density at radius 1 is 1.70 bits per heavy atom. The molecule has 4 heteroatoms. The molecule has 1 heterocycles. The van der Waals surface area contributed by atoms with Crippen LogP contribution in [0.2, 0.25) is 0 Å². The highest BCUT2D eigenvalue weighted by Crippen LogP contribution is 1.86. The summed E-state index contributed by atoms with van der Waals surface area (Å²) in [7, 11) is 0. The maximum Gasteiger partial charge on any atom is 0.275 e. The minimum atomic E-state index is -0.435. The van der Waals surface area contributed by atoms with Crippen molar-refractivity contribution in [1.82, 2.24) is 10.2 Å². The molecule has 1 aromatic rings. The summed E-state index contributed by atoms with van der Waals surface area (Å²) in [5.41, 5.74) is -0.287. The maximum atomic E-state index is 10.7. The second-order valence-corrected chi connectivity index (χ2v) is 1.86. The Kier molecular flexibility index (Phi) is 1.62. The number of hydrogen-bond acceptors (Lipinski definition) is 3. The molecule has 0 amide bonds.